The van der Waals surface area contributed by atoms with Crippen LogP contribution in [0.4, 0.5) is 0 Å². The lowest BCUT2D eigenvalue weighted by Crippen LogP contribution is -2.37. The van der Waals surface area contributed by atoms with E-state index in [-0.39, 0.29) is 6.29 Å². The highest BCUT2D eigenvalue weighted by molar-refractivity contribution is 5.27. The van der Waals surface area contributed by atoms with Gasteiger partial charge >= 0.3 is 0 Å². The number of rotatable bonds is 8. The summed E-state index contributed by atoms with van der Waals surface area (Å²) in [7, 11) is 0. The second-order valence-corrected chi connectivity index (χ2v) is 10.0. The predicted octanol–water partition coefficient (Wildman–Crippen LogP) is 7.65. The van der Waals surface area contributed by atoms with Crippen molar-refractivity contribution in [3.05, 3.63) is 29.8 Å². The molecule has 6 atom stereocenters. The second-order valence-electron chi connectivity index (χ2n) is 10.0. The Balaban J connectivity index is 0.000000755. The van der Waals surface area contributed by atoms with Crippen molar-refractivity contribution in [3.63, 3.8) is 0 Å². The van der Waals surface area contributed by atoms with Crippen molar-refractivity contribution in [3.8, 4) is 5.75 Å². The van der Waals surface area contributed by atoms with E-state index in [0.717, 1.165) is 35.8 Å². The highest BCUT2D eigenvalue weighted by Gasteiger charge is 2.54. The van der Waals surface area contributed by atoms with Gasteiger partial charge in [0.05, 0.1) is 6.10 Å². The Labute approximate surface area is 179 Å². The first kappa shape index (κ1) is 22.7. The summed E-state index contributed by atoms with van der Waals surface area (Å²) in [6, 6.07) is 8.67. The fraction of sp³-hybridized carbons (Fsp3) is 0.778. The molecule has 2 nitrogen and oxygen atoms in total. The maximum atomic E-state index is 6.59. The zero-order valence-corrected chi connectivity index (χ0v) is 19.5. The van der Waals surface area contributed by atoms with Crippen LogP contribution in [-0.2, 0) is 11.2 Å². The van der Waals surface area contributed by atoms with Crippen molar-refractivity contribution in [1.29, 1.82) is 0 Å². The van der Waals surface area contributed by atoms with Gasteiger partial charge in [0.15, 0.2) is 0 Å². The van der Waals surface area contributed by atoms with E-state index in [2.05, 4.69) is 58.9 Å². The Morgan fingerprint density at radius 3 is 2.28 bits per heavy atom. The number of fused-ring (bicyclic) bond motifs is 5. The third kappa shape index (κ3) is 5.57. The summed E-state index contributed by atoms with van der Waals surface area (Å²) in [5.41, 5.74) is 1.40. The van der Waals surface area contributed by atoms with Crippen LogP contribution in [-0.4, -0.2) is 12.4 Å². The van der Waals surface area contributed by atoms with E-state index >= 15 is 0 Å². The molecule has 0 N–H and O–H groups in total. The minimum absolute atomic E-state index is 0.124. The zero-order chi connectivity index (χ0) is 20.8. The molecule has 0 aromatic heterocycles. The van der Waals surface area contributed by atoms with Crippen LogP contribution in [0.25, 0.3) is 0 Å². The van der Waals surface area contributed by atoms with Crippen molar-refractivity contribution in [2.75, 3.05) is 0 Å². The maximum absolute atomic E-state index is 6.59. The summed E-state index contributed by atoms with van der Waals surface area (Å²) < 4.78 is 12.9. The minimum Gasteiger partial charge on any atom is -0.465 e. The lowest BCUT2D eigenvalue weighted by molar-refractivity contribution is -0.162. The van der Waals surface area contributed by atoms with Crippen molar-refractivity contribution in [2.24, 2.45) is 29.6 Å². The van der Waals surface area contributed by atoms with E-state index in [0.29, 0.717) is 12.0 Å². The Hall–Kier alpha value is -1.02. The molecule has 29 heavy (non-hydrogen) atoms. The summed E-state index contributed by atoms with van der Waals surface area (Å²) >= 11 is 0. The van der Waals surface area contributed by atoms with Gasteiger partial charge in [-0.05, 0) is 79.9 Å². The molecule has 0 saturated heterocycles. The molecular weight excluding hydrogens is 356 g/mol. The summed E-state index contributed by atoms with van der Waals surface area (Å²) in [5, 5.41) is 0. The van der Waals surface area contributed by atoms with Crippen LogP contribution in [0.1, 0.15) is 91.5 Å². The summed E-state index contributed by atoms with van der Waals surface area (Å²) in [5.74, 6) is 5.02. The molecule has 0 aliphatic heterocycles. The summed E-state index contributed by atoms with van der Waals surface area (Å²) in [6.07, 6.45) is 12.3. The van der Waals surface area contributed by atoms with Crippen LogP contribution in [0.3, 0.4) is 0 Å². The highest BCUT2D eigenvalue weighted by Crippen LogP contribution is 2.59. The summed E-state index contributed by atoms with van der Waals surface area (Å²) in [4.78, 5) is 0. The van der Waals surface area contributed by atoms with Crippen LogP contribution in [0.2, 0.25) is 0 Å². The molecule has 6 unspecified atom stereocenters. The molecule has 3 saturated carbocycles. The number of aryl methyl sites for hydroxylation is 1. The lowest BCUT2D eigenvalue weighted by atomic mass is 9.80. The molecule has 164 valence electrons. The number of ether oxygens (including phenoxy) is 2. The van der Waals surface area contributed by atoms with Crippen molar-refractivity contribution < 1.29 is 9.47 Å². The Morgan fingerprint density at radius 2 is 1.62 bits per heavy atom. The van der Waals surface area contributed by atoms with Gasteiger partial charge in [-0.15, -0.1) is 0 Å². The van der Waals surface area contributed by atoms with Crippen molar-refractivity contribution in [1.82, 2.24) is 0 Å². The largest absolute Gasteiger partial charge is 0.465 e. The predicted molar refractivity (Wildman–Crippen MR) is 122 cm³/mol. The molecule has 1 aromatic carbocycles. The van der Waals surface area contributed by atoms with E-state index in [9.17, 15) is 0 Å². The van der Waals surface area contributed by atoms with E-state index in [1.807, 2.05) is 0 Å². The SMILES string of the molecule is CCC.CCCCc1ccc(OC(OC2CC3CC2C2CCCC32)C(C)C)cc1. The van der Waals surface area contributed by atoms with Crippen LogP contribution < -0.4 is 4.74 Å². The molecular formula is C27H44O2. The fourth-order valence-electron chi connectivity index (χ4n) is 5.90. The smallest absolute Gasteiger partial charge is 0.202 e. The lowest BCUT2D eigenvalue weighted by Gasteiger charge is -2.35. The third-order valence-corrected chi connectivity index (χ3v) is 7.22. The van der Waals surface area contributed by atoms with Gasteiger partial charge in [0.25, 0.3) is 0 Å². The molecule has 1 aromatic rings. The minimum atomic E-state index is -0.124. The number of benzene rings is 1. The quantitative estimate of drug-likeness (QED) is 0.417. The molecule has 4 rings (SSSR count). The molecule has 0 spiro atoms. The van der Waals surface area contributed by atoms with Crippen molar-refractivity contribution in [2.45, 2.75) is 105 Å². The van der Waals surface area contributed by atoms with Crippen LogP contribution in [0.15, 0.2) is 24.3 Å². The molecule has 0 heterocycles. The molecule has 2 heteroatoms. The van der Waals surface area contributed by atoms with Gasteiger partial charge in [0.1, 0.15) is 5.75 Å². The van der Waals surface area contributed by atoms with Gasteiger partial charge in [-0.1, -0.05) is 66.0 Å². The average Bonchev–Trinajstić information content (AvgIpc) is 3.41. The van der Waals surface area contributed by atoms with Gasteiger partial charge in [0.2, 0.25) is 6.29 Å². The number of hydrogen-bond acceptors (Lipinski definition) is 2. The zero-order valence-electron chi connectivity index (χ0n) is 19.5. The first-order valence-corrected chi connectivity index (χ1v) is 12.5. The topological polar surface area (TPSA) is 18.5 Å². The monoisotopic (exact) mass is 400 g/mol. The fourth-order valence-corrected chi connectivity index (χ4v) is 5.90. The number of unbranched alkanes of at least 4 members (excludes halogenated alkanes) is 1. The van der Waals surface area contributed by atoms with Gasteiger partial charge in [-0.2, -0.15) is 0 Å². The molecule has 3 aliphatic carbocycles. The first-order valence-electron chi connectivity index (χ1n) is 12.5. The average molecular weight is 401 g/mol. The Morgan fingerprint density at radius 1 is 0.931 bits per heavy atom. The van der Waals surface area contributed by atoms with Gasteiger partial charge in [0, 0.05) is 5.92 Å². The Bertz CT molecular complexity index is 593. The van der Waals surface area contributed by atoms with Crippen LogP contribution >= 0.6 is 0 Å². The molecule has 2 bridgehead atoms. The van der Waals surface area contributed by atoms with Gasteiger partial charge in [-0.3, -0.25) is 0 Å². The van der Waals surface area contributed by atoms with Gasteiger partial charge in [-0.25, -0.2) is 0 Å². The van der Waals surface area contributed by atoms with E-state index in [1.165, 1.54) is 56.9 Å². The summed E-state index contributed by atoms with van der Waals surface area (Å²) in [6.45, 7) is 10.9. The molecule has 3 fully saturated rings. The second kappa shape index (κ2) is 10.8. The molecule has 0 radical (unpaired) electrons. The highest BCUT2D eigenvalue weighted by atomic mass is 16.7. The van der Waals surface area contributed by atoms with E-state index in [1.54, 1.807) is 0 Å². The van der Waals surface area contributed by atoms with E-state index < -0.39 is 0 Å². The maximum Gasteiger partial charge on any atom is 0.202 e. The van der Waals surface area contributed by atoms with Crippen LogP contribution in [0.5, 0.6) is 5.75 Å². The number of hydrogen-bond donors (Lipinski definition) is 0. The first-order chi connectivity index (χ1) is 14.1. The molecule has 3 aliphatic rings. The van der Waals surface area contributed by atoms with E-state index in [4.69, 9.17) is 9.47 Å². The Kier molecular flexibility index (Phi) is 8.47. The third-order valence-electron chi connectivity index (χ3n) is 7.22. The van der Waals surface area contributed by atoms with Crippen LogP contribution in [0, 0.1) is 29.6 Å². The standard InChI is InChI=1S/C24H36O2.C3H8/c1-4-5-7-17-10-12-19(13-11-17)25-24(16(2)3)26-23-15-18-14-22(23)21-9-6-8-20(18)21;1-3-2/h10-13,16,18,20-24H,4-9,14-15H2,1-3H3;3H2,1-2H3. The van der Waals surface area contributed by atoms with Gasteiger partial charge < -0.3 is 9.47 Å². The molecule has 0 amide bonds. The normalized spacial score (nSPS) is 30.8. The van der Waals surface area contributed by atoms with Crippen molar-refractivity contribution >= 4 is 0 Å².